The number of likely N-dealkylation sites (tertiary alicyclic amines) is 1. The Balaban J connectivity index is 1.81. The molecule has 1 aliphatic heterocycles. The fraction of sp³-hybridized carbons (Fsp3) is 0.185. The lowest BCUT2D eigenvalue weighted by Crippen LogP contribution is -2.29. The summed E-state index contributed by atoms with van der Waals surface area (Å²) in [7, 11) is 5.36. The van der Waals surface area contributed by atoms with Gasteiger partial charge in [0.25, 0.3) is 17.4 Å². The number of benzene rings is 3. The molecule has 1 N–H and O–H groups in total. The Bertz CT molecular complexity index is 1330. The summed E-state index contributed by atoms with van der Waals surface area (Å²) in [6, 6.07) is 18.9. The number of ketones is 1. The summed E-state index contributed by atoms with van der Waals surface area (Å²) in [5.74, 6) is -1.28. The average molecular weight is 488 g/mol. The van der Waals surface area contributed by atoms with Crippen molar-refractivity contribution < 1.29 is 24.4 Å². The van der Waals surface area contributed by atoms with Crippen LogP contribution < -0.4 is 9.64 Å². The number of nitro benzene ring substituents is 1. The van der Waals surface area contributed by atoms with E-state index in [1.165, 1.54) is 29.2 Å². The molecule has 9 heteroatoms. The fourth-order valence-electron chi connectivity index (χ4n) is 4.17. The van der Waals surface area contributed by atoms with Gasteiger partial charge < -0.3 is 19.6 Å². The van der Waals surface area contributed by atoms with Crippen molar-refractivity contribution in [3.8, 4) is 5.75 Å². The minimum absolute atomic E-state index is 0.0695. The third-order valence-electron chi connectivity index (χ3n) is 6.13. The zero-order valence-electron chi connectivity index (χ0n) is 20.0. The molecule has 3 aromatic carbocycles. The Morgan fingerprint density at radius 1 is 1.00 bits per heavy atom. The van der Waals surface area contributed by atoms with Crippen molar-refractivity contribution in [2.75, 3.05) is 26.1 Å². The maximum atomic E-state index is 13.2. The number of ether oxygens (including phenoxy) is 1. The van der Waals surface area contributed by atoms with Crippen LogP contribution >= 0.6 is 0 Å². The Kier molecular flexibility index (Phi) is 6.73. The second-order valence-corrected chi connectivity index (χ2v) is 8.57. The summed E-state index contributed by atoms with van der Waals surface area (Å²) < 4.78 is 5.20. The number of hydrogen-bond acceptors (Lipinski definition) is 7. The fourth-order valence-corrected chi connectivity index (χ4v) is 4.17. The lowest BCUT2D eigenvalue weighted by molar-refractivity contribution is -0.384. The van der Waals surface area contributed by atoms with Gasteiger partial charge in [0.05, 0.1) is 23.6 Å². The van der Waals surface area contributed by atoms with Gasteiger partial charge in [-0.25, -0.2) is 0 Å². The number of Topliss-reactive ketones (excluding diaryl/α,β-unsaturated/α-hetero) is 1. The highest BCUT2D eigenvalue weighted by Crippen LogP contribution is 2.41. The predicted molar refractivity (Wildman–Crippen MR) is 135 cm³/mol. The molecule has 0 aromatic heterocycles. The van der Waals surface area contributed by atoms with Gasteiger partial charge >= 0.3 is 0 Å². The van der Waals surface area contributed by atoms with Crippen molar-refractivity contribution in [3.63, 3.8) is 0 Å². The summed E-state index contributed by atoms with van der Waals surface area (Å²) in [5, 5.41) is 22.2. The molecule has 184 valence electrons. The van der Waals surface area contributed by atoms with Gasteiger partial charge in [-0.05, 0) is 47.5 Å². The molecule has 3 aromatic rings. The molecule has 1 saturated heterocycles. The quantitative estimate of drug-likeness (QED) is 0.174. The van der Waals surface area contributed by atoms with E-state index >= 15 is 0 Å². The first-order chi connectivity index (χ1) is 17.2. The van der Waals surface area contributed by atoms with E-state index in [2.05, 4.69) is 0 Å². The number of carbonyl (C=O) groups is 2. The molecule has 1 heterocycles. The summed E-state index contributed by atoms with van der Waals surface area (Å²) in [5.41, 5.74) is 2.35. The Hall–Kier alpha value is -4.66. The maximum Gasteiger partial charge on any atom is 0.295 e. The number of aliphatic hydroxyl groups is 1. The maximum absolute atomic E-state index is 13.2. The van der Waals surface area contributed by atoms with Crippen LogP contribution in [0.25, 0.3) is 5.76 Å². The summed E-state index contributed by atoms with van der Waals surface area (Å²) in [6.45, 7) is 0.131. The molecule has 0 spiro atoms. The van der Waals surface area contributed by atoms with Gasteiger partial charge in [0.1, 0.15) is 11.5 Å². The van der Waals surface area contributed by atoms with Crippen molar-refractivity contribution in [1.82, 2.24) is 4.90 Å². The number of nitrogens with zero attached hydrogens (tertiary/aromatic N) is 3. The van der Waals surface area contributed by atoms with E-state index < -0.39 is 22.7 Å². The number of aliphatic hydroxyl groups excluding tert-OH is 1. The lowest BCUT2D eigenvalue weighted by atomic mass is 9.95. The van der Waals surface area contributed by atoms with Crippen LogP contribution in [-0.2, 0) is 16.1 Å². The van der Waals surface area contributed by atoms with E-state index in [4.69, 9.17) is 4.74 Å². The molecule has 0 bridgehead atoms. The first-order valence-corrected chi connectivity index (χ1v) is 11.1. The van der Waals surface area contributed by atoms with E-state index in [-0.39, 0.29) is 29.1 Å². The topological polar surface area (TPSA) is 113 Å². The molecule has 0 saturated carbocycles. The number of nitro groups is 1. The van der Waals surface area contributed by atoms with E-state index in [0.717, 1.165) is 11.3 Å². The smallest absolute Gasteiger partial charge is 0.295 e. The van der Waals surface area contributed by atoms with E-state index in [0.29, 0.717) is 11.3 Å². The van der Waals surface area contributed by atoms with Crippen molar-refractivity contribution >= 4 is 28.8 Å². The van der Waals surface area contributed by atoms with E-state index in [9.17, 15) is 24.8 Å². The molecular formula is C27H25N3O6. The van der Waals surface area contributed by atoms with Crippen molar-refractivity contribution in [1.29, 1.82) is 0 Å². The van der Waals surface area contributed by atoms with Crippen molar-refractivity contribution in [3.05, 3.63) is 105 Å². The predicted octanol–water partition coefficient (Wildman–Crippen LogP) is 4.29. The van der Waals surface area contributed by atoms with E-state index in [1.807, 2.05) is 43.3 Å². The first kappa shape index (κ1) is 24.5. The molecule has 9 nitrogen and oxygen atoms in total. The van der Waals surface area contributed by atoms with Gasteiger partial charge in [0.15, 0.2) is 0 Å². The number of rotatable bonds is 7. The third kappa shape index (κ3) is 4.63. The lowest BCUT2D eigenvalue weighted by Gasteiger charge is -2.26. The highest BCUT2D eigenvalue weighted by molar-refractivity contribution is 6.46. The van der Waals surface area contributed by atoms with Gasteiger partial charge in [0.2, 0.25) is 0 Å². The number of anilines is 1. The third-order valence-corrected chi connectivity index (χ3v) is 6.13. The number of non-ortho nitro benzene ring substituents is 1. The zero-order valence-corrected chi connectivity index (χ0v) is 20.0. The molecular weight excluding hydrogens is 462 g/mol. The minimum atomic E-state index is -0.849. The van der Waals surface area contributed by atoms with Crippen LogP contribution in [0.15, 0.2) is 78.4 Å². The number of hydrogen-bond donors (Lipinski definition) is 1. The molecule has 1 aliphatic rings. The Morgan fingerprint density at radius 3 is 2.14 bits per heavy atom. The van der Waals surface area contributed by atoms with Gasteiger partial charge in [-0.15, -0.1) is 0 Å². The second kappa shape index (κ2) is 9.91. The zero-order chi connectivity index (χ0) is 26.0. The van der Waals surface area contributed by atoms with Crippen LogP contribution in [0.5, 0.6) is 5.75 Å². The molecule has 36 heavy (non-hydrogen) atoms. The van der Waals surface area contributed by atoms with Crippen LogP contribution in [0.4, 0.5) is 11.4 Å². The van der Waals surface area contributed by atoms with Crippen LogP contribution in [0.1, 0.15) is 22.7 Å². The Morgan fingerprint density at radius 2 is 1.61 bits per heavy atom. The molecule has 4 rings (SSSR count). The van der Waals surface area contributed by atoms with Crippen LogP contribution in [-0.4, -0.2) is 47.8 Å². The Labute approximate surface area is 208 Å². The molecule has 1 fully saturated rings. The minimum Gasteiger partial charge on any atom is -0.507 e. The number of carbonyl (C=O) groups excluding carboxylic acids is 2. The summed E-state index contributed by atoms with van der Waals surface area (Å²) >= 11 is 0. The van der Waals surface area contributed by atoms with Gasteiger partial charge in [-0.2, -0.15) is 0 Å². The molecule has 1 atom stereocenters. The number of methoxy groups -OCH3 is 1. The van der Waals surface area contributed by atoms with Gasteiger partial charge in [0, 0.05) is 44.0 Å². The van der Waals surface area contributed by atoms with Gasteiger partial charge in [-0.1, -0.05) is 24.3 Å². The van der Waals surface area contributed by atoms with Crippen LogP contribution in [0.2, 0.25) is 0 Å². The average Bonchev–Trinajstić information content (AvgIpc) is 3.13. The SMILES string of the molecule is COc1ccc(CN2C(=O)C(=O)/C(=C(\O)c3ccc([N+](=O)[O-])cc3)C2c2ccc(N(C)C)cc2)cc1. The first-order valence-electron chi connectivity index (χ1n) is 11.1. The largest absolute Gasteiger partial charge is 0.507 e. The van der Waals surface area contributed by atoms with Crippen LogP contribution in [0.3, 0.4) is 0 Å². The molecule has 0 radical (unpaired) electrons. The molecule has 1 amide bonds. The second-order valence-electron chi connectivity index (χ2n) is 8.57. The monoisotopic (exact) mass is 487 g/mol. The molecule has 0 aliphatic carbocycles. The van der Waals surface area contributed by atoms with Crippen LogP contribution in [0, 0.1) is 10.1 Å². The highest BCUT2D eigenvalue weighted by atomic mass is 16.6. The van der Waals surface area contributed by atoms with Crippen molar-refractivity contribution in [2.24, 2.45) is 0 Å². The van der Waals surface area contributed by atoms with Gasteiger partial charge in [-0.3, -0.25) is 19.7 Å². The van der Waals surface area contributed by atoms with Crippen molar-refractivity contribution in [2.45, 2.75) is 12.6 Å². The normalized spacial score (nSPS) is 16.8. The highest BCUT2D eigenvalue weighted by Gasteiger charge is 2.46. The standard InChI is InChI=1S/C27H25N3O6/c1-28(2)20-10-6-18(7-11-20)24-23(25(31)19-8-12-21(13-9-19)30(34)35)26(32)27(33)29(24)16-17-4-14-22(36-3)15-5-17/h4-15,24,31H,16H2,1-3H3/b25-23-. The molecule has 1 unspecified atom stereocenters. The summed E-state index contributed by atoms with van der Waals surface area (Å²) in [6.07, 6.45) is 0. The summed E-state index contributed by atoms with van der Waals surface area (Å²) in [4.78, 5) is 40.2. The van der Waals surface area contributed by atoms with E-state index in [1.54, 1.807) is 31.4 Å². The number of amides is 1.